The first kappa shape index (κ1) is 39.0. The summed E-state index contributed by atoms with van der Waals surface area (Å²) in [6.45, 7) is 19.8. The maximum atomic E-state index is 6.65. The maximum Gasteiger partial charge on any atom is 0.300 e. The molecule has 0 bridgehead atoms. The zero-order valence-electron chi connectivity index (χ0n) is 27.2. The van der Waals surface area contributed by atoms with Crippen LogP contribution in [0.4, 0.5) is 0 Å². The molecule has 13 heteroatoms. The number of hydrogen-bond acceptors (Lipinski definition) is 10. The Morgan fingerprint density at radius 1 is 0.425 bits per heavy atom. The van der Waals surface area contributed by atoms with E-state index in [4.69, 9.17) is 42.6 Å². The van der Waals surface area contributed by atoms with Crippen molar-refractivity contribution in [1.29, 1.82) is 0 Å². The van der Waals surface area contributed by atoms with E-state index >= 15 is 0 Å². The Hall–Kier alpha value is -1.01. The summed E-state index contributed by atoms with van der Waals surface area (Å²) in [6.07, 6.45) is 0. The van der Waals surface area contributed by atoms with Crippen molar-refractivity contribution in [3.8, 4) is 0 Å². The summed E-state index contributed by atoms with van der Waals surface area (Å²) in [5.41, 5.74) is 5.84. The molecule has 0 unspecified atom stereocenters. The topological polar surface area (TPSA) is 86.3 Å². The highest BCUT2D eigenvalue weighted by Gasteiger charge is 2.69. The molecule has 0 rings (SSSR count). The van der Waals surface area contributed by atoms with Gasteiger partial charge in [-0.3, -0.25) is 0 Å². The van der Waals surface area contributed by atoms with Crippen LogP contribution in [-0.4, -0.2) is 113 Å². The predicted octanol–water partition coefficient (Wildman–Crippen LogP) is 1.20. The molecule has 0 N–H and O–H groups in total. The molecule has 0 aromatic carbocycles. The summed E-state index contributed by atoms with van der Waals surface area (Å²) < 4.78 is 58.7. The third-order valence-corrected chi connectivity index (χ3v) is 7.12. The van der Waals surface area contributed by atoms with Crippen molar-refractivity contribution in [3.63, 3.8) is 0 Å². The van der Waals surface area contributed by atoms with Gasteiger partial charge in [-0.15, -0.1) is 4.90 Å². The Labute approximate surface area is 251 Å². The lowest BCUT2D eigenvalue weighted by Gasteiger charge is -2.57. The van der Waals surface area contributed by atoms with Gasteiger partial charge in [-0.05, 0) is 62.3 Å². The molecule has 0 fully saturated rings. The van der Waals surface area contributed by atoms with Crippen LogP contribution in [0.25, 0.3) is 0 Å². The van der Waals surface area contributed by atoms with Gasteiger partial charge in [-0.2, -0.15) is 0 Å². The molecule has 0 aliphatic heterocycles. The van der Waals surface area contributed by atoms with E-state index in [0.29, 0.717) is 67.8 Å². The standard InChI is InChI=1S/C27H57NO9Si3/c1-10-29-22(19-38)25(32-13-4,33-14-5)28(26(34-15-6,35-16-7)23(20-39)30-11-2)27(36-17-8,37-18-9)24(21-40)31-12-3/h19-21H,10-18H2,1-9,38-40H3/b22-19-,23-20-,24-21-. The van der Waals surface area contributed by atoms with E-state index in [9.17, 15) is 0 Å². The molecule has 10 nitrogen and oxygen atoms in total. The van der Waals surface area contributed by atoms with Crippen molar-refractivity contribution in [2.24, 2.45) is 0 Å². The quantitative estimate of drug-likeness (QED) is 0.0889. The fourth-order valence-electron chi connectivity index (χ4n) is 4.56. The molecule has 40 heavy (non-hydrogen) atoms. The Kier molecular flexibility index (Phi) is 20.3. The predicted molar refractivity (Wildman–Crippen MR) is 169 cm³/mol. The summed E-state index contributed by atoms with van der Waals surface area (Å²) in [6, 6.07) is 0. The van der Waals surface area contributed by atoms with Crippen LogP contribution in [0.1, 0.15) is 62.3 Å². The van der Waals surface area contributed by atoms with Gasteiger partial charge in [-0.25, -0.2) is 0 Å². The Morgan fingerprint density at radius 3 is 0.750 bits per heavy atom. The number of hydrogen-bond donors (Lipinski definition) is 0. The van der Waals surface area contributed by atoms with Gasteiger partial charge < -0.3 is 42.6 Å². The van der Waals surface area contributed by atoms with Gasteiger partial charge in [0.1, 0.15) is 0 Å². The van der Waals surface area contributed by atoms with Crippen molar-refractivity contribution in [3.05, 3.63) is 34.4 Å². The zero-order valence-corrected chi connectivity index (χ0v) is 33.2. The summed E-state index contributed by atoms with van der Waals surface area (Å²) in [4.78, 5) is 1.71. The van der Waals surface area contributed by atoms with E-state index in [-0.39, 0.29) is 39.6 Å². The van der Waals surface area contributed by atoms with Crippen LogP contribution in [0.15, 0.2) is 34.4 Å². The summed E-state index contributed by atoms with van der Waals surface area (Å²) in [5, 5.41) is 0. The molecule has 0 spiro atoms. The lowest BCUT2D eigenvalue weighted by Crippen LogP contribution is -2.76. The van der Waals surface area contributed by atoms with Crippen molar-refractivity contribution in [1.82, 2.24) is 4.90 Å². The van der Waals surface area contributed by atoms with Gasteiger partial charge in [0.2, 0.25) is 0 Å². The average Bonchev–Trinajstić information content (AvgIpc) is 2.93. The third-order valence-electron chi connectivity index (χ3n) is 5.54. The summed E-state index contributed by atoms with van der Waals surface area (Å²) in [5.74, 6) is -3.91. The smallest absolute Gasteiger partial charge is 0.300 e. The molecule has 236 valence electrons. The zero-order chi connectivity index (χ0) is 30.7. The normalized spacial score (nSPS) is 14.4. The highest BCUT2D eigenvalue weighted by atomic mass is 28.2. The van der Waals surface area contributed by atoms with Gasteiger partial charge in [0, 0.05) is 70.4 Å². The second-order valence-corrected chi connectivity index (χ2v) is 9.67. The first-order valence-corrected chi connectivity index (χ1v) is 18.3. The summed E-state index contributed by atoms with van der Waals surface area (Å²) >= 11 is 0. The van der Waals surface area contributed by atoms with E-state index in [2.05, 4.69) is 0 Å². The Morgan fingerprint density at radius 2 is 0.625 bits per heavy atom. The number of ether oxygens (including phenoxy) is 9. The van der Waals surface area contributed by atoms with Crippen LogP contribution in [0, 0.1) is 0 Å². The minimum atomic E-state index is -1.74. The van der Waals surface area contributed by atoms with Crippen molar-refractivity contribution in [2.75, 3.05) is 59.5 Å². The molecule has 0 aromatic rings. The van der Waals surface area contributed by atoms with Crippen LogP contribution in [0.2, 0.25) is 0 Å². The third kappa shape index (κ3) is 8.75. The second kappa shape index (κ2) is 20.8. The van der Waals surface area contributed by atoms with Gasteiger partial charge in [0.05, 0.1) is 19.8 Å². The van der Waals surface area contributed by atoms with Gasteiger partial charge >= 0.3 is 0 Å². The van der Waals surface area contributed by atoms with E-state index in [1.165, 1.54) is 0 Å². The Balaban J connectivity index is 8.69. The fraction of sp³-hybridized carbons (Fsp3) is 0.778. The number of rotatable bonds is 24. The van der Waals surface area contributed by atoms with Crippen LogP contribution >= 0.6 is 0 Å². The van der Waals surface area contributed by atoms with Crippen LogP contribution < -0.4 is 0 Å². The minimum Gasteiger partial charge on any atom is -0.492 e. The van der Waals surface area contributed by atoms with E-state index in [0.717, 1.165) is 0 Å². The highest BCUT2D eigenvalue weighted by molar-refractivity contribution is 6.17. The fourth-order valence-corrected chi connectivity index (χ4v) is 6.16. The van der Waals surface area contributed by atoms with Gasteiger partial charge in [-0.1, -0.05) is 17.1 Å². The molecule has 0 heterocycles. The molecule has 0 aromatic heterocycles. The van der Waals surface area contributed by atoms with Crippen molar-refractivity contribution in [2.45, 2.75) is 80.0 Å². The van der Waals surface area contributed by atoms with E-state index in [1.807, 2.05) is 79.4 Å². The minimum absolute atomic E-state index is 0.258. The van der Waals surface area contributed by atoms with Crippen LogP contribution in [-0.2, 0) is 42.6 Å². The van der Waals surface area contributed by atoms with E-state index < -0.39 is 17.7 Å². The van der Waals surface area contributed by atoms with Crippen LogP contribution in [0.3, 0.4) is 0 Å². The Bertz CT molecular complexity index is 662. The molecular weight excluding hydrogens is 567 g/mol. The largest absolute Gasteiger partial charge is 0.492 e. The maximum absolute atomic E-state index is 6.65. The average molecular weight is 624 g/mol. The summed E-state index contributed by atoms with van der Waals surface area (Å²) in [7, 11) is 1.93. The highest BCUT2D eigenvalue weighted by Crippen LogP contribution is 2.48. The lowest BCUT2D eigenvalue weighted by molar-refractivity contribution is -0.494. The molecule has 0 aliphatic rings. The monoisotopic (exact) mass is 623 g/mol. The lowest BCUT2D eigenvalue weighted by atomic mass is 10.1. The molecule has 0 radical (unpaired) electrons. The molecule has 0 amide bonds. The molecule has 0 saturated heterocycles. The van der Waals surface area contributed by atoms with Crippen molar-refractivity contribution >= 4 is 30.7 Å². The van der Waals surface area contributed by atoms with E-state index in [1.54, 1.807) is 4.90 Å². The first-order valence-electron chi connectivity index (χ1n) is 14.8. The molecular formula is C27H57NO9Si3. The molecule has 0 aliphatic carbocycles. The molecule has 0 saturated carbocycles. The first-order chi connectivity index (χ1) is 19.3. The SMILES string of the molecule is CCO/C(=C\[SiH3])C(OCC)(OCC)N(C(OCC)(OCC)/C(=C/[SiH3])OCC)C(OCC)(OCC)/C(=C/[SiH3])OCC. The second-order valence-electron chi connectivity index (χ2n) is 7.94. The van der Waals surface area contributed by atoms with Crippen LogP contribution in [0.5, 0.6) is 0 Å². The van der Waals surface area contributed by atoms with Gasteiger partial charge in [0.15, 0.2) is 17.3 Å². The molecule has 0 atom stereocenters. The van der Waals surface area contributed by atoms with Crippen molar-refractivity contribution < 1.29 is 42.6 Å². The van der Waals surface area contributed by atoms with Gasteiger partial charge in [0.25, 0.3) is 17.7 Å². The number of nitrogens with zero attached hydrogens (tertiary/aromatic N) is 1.